The molecule has 2 fully saturated rings. The number of hydrogen-bond donors (Lipinski definition) is 1. The standard InChI is InChI=1S/C16H32N2O/c1-13-6-4-8-16(12-17,14(13)2)18(3)10-15-7-5-9-19-11-15/h13-15H,4-12,17H2,1-3H3. The van der Waals surface area contributed by atoms with Crippen molar-refractivity contribution in [3.05, 3.63) is 0 Å². The number of hydrogen-bond acceptors (Lipinski definition) is 3. The fourth-order valence-electron chi connectivity index (χ4n) is 4.24. The van der Waals surface area contributed by atoms with Gasteiger partial charge < -0.3 is 10.5 Å². The minimum atomic E-state index is 0.217. The molecule has 2 N–H and O–H groups in total. The summed E-state index contributed by atoms with van der Waals surface area (Å²) in [6.07, 6.45) is 6.49. The van der Waals surface area contributed by atoms with Gasteiger partial charge in [-0.3, -0.25) is 4.90 Å². The third kappa shape index (κ3) is 3.14. The van der Waals surface area contributed by atoms with E-state index in [1.165, 1.54) is 32.1 Å². The fraction of sp³-hybridized carbons (Fsp3) is 1.00. The maximum absolute atomic E-state index is 6.22. The quantitative estimate of drug-likeness (QED) is 0.851. The zero-order valence-corrected chi connectivity index (χ0v) is 13.0. The monoisotopic (exact) mass is 268 g/mol. The average Bonchev–Trinajstić information content (AvgIpc) is 2.43. The maximum atomic E-state index is 6.22. The van der Waals surface area contributed by atoms with Gasteiger partial charge in [0.2, 0.25) is 0 Å². The van der Waals surface area contributed by atoms with Gasteiger partial charge in [0.05, 0.1) is 6.61 Å². The van der Waals surface area contributed by atoms with Crippen molar-refractivity contribution in [2.45, 2.75) is 51.5 Å². The Morgan fingerprint density at radius 2 is 2.05 bits per heavy atom. The molecule has 19 heavy (non-hydrogen) atoms. The number of rotatable bonds is 4. The van der Waals surface area contributed by atoms with Gasteiger partial charge in [0.25, 0.3) is 0 Å². The Kier molecular flexibility index (Phi) is 5.27. The molecule has 0 amide bonds. The van der Waals surface area contributed by atoms with Crippen molar-refractivity contribution in [2.24, 2.45) is 23.5 Å². The summed E-state index contributed by atoms with van der Waals surface area (Å²) < 4.78 is 5.63. The number of ether oxygens (including phenoxy) is 1. The highest BCUT2D eigenvalue weighted by Gasteiger charge is 2.43. The molecule has 0 spiro atoms. The summed E-state index contributed by atoms with van der Waals surface area (Å²) in [6, 6.07) is 0. The first-order valence-corrected chi connectivity index (χ1v) is 8.09. The predicted molar refractivity (Wildman–Crippen MR) is 80.1 cm³/mol. The van der Waals surface area contributed by atoms with Gasteiger partial charge in [0.1, 0.15) is 0 Å². The highest BCUT2D eigenvalue weighted by atomic mass is 16.5. The lowest BCUT2D eigenvalue weighted by Crippen LogP contribution is -2.60. The molecule has 4 atom stereocenters. The molecule has 0 aromatic carbocycles. The molecule has 112 valence electrons. The van der Waals surface area contributed by atoms with E-state index in [9.17, 15) is 0 Å². The number of likely N-dealkylation sites (N-methyl/N-ethyl adjacent to an activating group) is 1. The molecule has 1 aliphatic carbocycles. The molecular formula is C16H32N2O. The van der Waals surface area contributed by atoms with E-state index < -0.39 is 0 Å². The van der Waals surface area contributed by atoms with Gasteiger partial charge in [-0.05, 0) is 44.1 Å². The Morgan fingerprint density at radius 3 is 2.68 bits per heavy atom. The van der Waals surface area contributed by atoms with Gasteiger partial charge in [0, 0.05) is 25.2 Å². The summed E-state index contributed by atoms with van der Waals surface area (Å²) in [5.41, 5.74) is 6.44. The lowest BCUT2D eigenvalue weighted by atomic mass is 9.67. The minimum absolute atomic E-state index is 0.217. The van der Waals surface area contributed by atoms with Crippen molar-refractivity contribution in [1.82, 2.24) is 4.90 Å². The van der Waals surface area contributed by atoms with Crippen LogP contribution in [-0.4, -0.2) is 43.8 Å². The van der Waals surface area contributed by atoms with Gasteiger partial charge in [-0.15, -0.1) is 0 Å². The molecule has 1 saturated carbocycles. The summed E-state index contributed by atoms with van der Waals surface area (Å²) in [4.78, 5) is 2.58. The van der Waals surface area contributed by atoms with Crippen LogP contribution in [0.1, 0.15) is 46.0 Å². The Bertz CT molecular complexity index is 278. The summed E-state index contributed by atoms with van der Waals surface area (Å²) in [5, 5.41) is 0. The molecule has 0 radical (unpaired) electrons. The Balaban J connectivity index is 2.02. The Morgan fingerprint density at radius 1 is 1.26 bits per heavy atom. The van der Waals surface area contributed by atoms with Gasteiger partial charge >= 0.3 is 0 Å². The van der Waals surface area contributed by atoms with E-state index in [1.54, 1.807) is 0 Å². The van der Waals surface area contributed by atoms with Gasteiger partial charge in [-0.1, -0.05) is 26.7 Å². The maximum Gasteiger partial charge on any atom is 0.0506 e. The van der Waals surface area contributed by atoms with Gasteiger partial charge in [-0.25, -0.2) is 0 Å². The third-order valence-corrected chi connectivity index (χ3v) is 5.87. The second-order valence-electron chi connectivity index (χ2n) is 6.93. The first kappa shape index (κ1) is 15.3. The first-order valence-electron chi connectivity index (χ1n) is 8.09. The van der Waals surface area contributed by atoms with Crippen molar-refractivity contribution < 1.29 is 4.74 Å². The van der Waals surface area contributed by atoms with Crippen LogP contribution in [0.2, 0.25) is 0 Å². The van der Waals surface area contributed by atoms with E-state index in [0.717, 1.165) is 32.2 Å². The molecule has 0 bridgehead atoms. The van der Waals surface area contributed by atoms with Crippen molar-refractivity contribution >= 4 is 0 Å². The molecule has 1 aliphatic heterocycles. The second-order valence-corrected chi connectivity index (χ2v) is 6.93. The molecule has 3 nitrogen and oxygen atoms in total. The van der Waals surface area contributed by atoms with E-state index in [2.05, 4.69) is 25.8 Å². The molecular weight excluding hydrogens is 236 g/mol. The molecule has 1 heterocycles. The van der Waals surface area contributed by atoms with Crippen molar-refractivity contribution in [3.63, 3.8) is 0 Å². The SMILES string of the molecule is CC1CCCC(CN)(N(C)CC2CCCOC2)C1C. The summed E-state index contributed by atoms with van der Waals surface area (Å²) >= 11 is 0. The average molecular weight is 268 g/mol. The molecule has 3 heteroatoms. The molecule has 0 aromatic rings. The van der Waals surface area contributed by atoms with Gasteiger partial charge in [0.15, 0.2) is 0 Å². The van der Waals surface area contributed by atoms with Crippen LogP contribution < -0.4 is 5.73 Å². The highest BCUT2D eigenvalue weighted by molar-refractivity contribution is 4.99. The van der Waals surface area contributed by atoms with E-state index in [0.29, 0.717) is 11.8 Å². The highest BCUT2D eigenvalue weighted by Crippen LogP contribution is 2.41. The van der Waals surface area contributed by atoms with E-state index in [1.807, 2.05) is 0 Å². The van der Waals surface area contributed by atoms with E-state index in [-0.39, 0.29) is 5.54 Å². The molecule has 4 unspecified atom stereocenters. The summed E-state index contributed by atoms with van der Waals surface area (Å²) in [7, 11) is 2.29. The molecule has 2 aliphatic rings. The van der Waals surface area contributed by atoms with Crippen molar-refractivity contribution in [3.8, 4) is 0 Å². The minimum Gasteiger partial charge on any atom is -0.381 e. The first-order chi connectivity index (χ1) is 9.10. The lowest BCUT2D eigenvalue weighted by Gasteiger charge is -2.52. The molecule has 2 rings (SSSR count). The van der Waals surface area contributed by atoms with Crippen LogP contribution in [0.25, 0.3) is 0 Å². The van der Waals surface area contributed by atoms with E-state index in [4.69, 9.17) is 10.5 Å². The largest absolute Gasteiger partial charge is 0.381 e. The normalized spacial score (nSPS) is 40.6. The second kappa shape index (κ2) is 6.55. The predicted octanol–water partition coefficient (Wildman–Crippen LogP) is 2.50. The van der Waals surface area contributed by atoms with Gasteiger partial charge in [-0.2, -0.15) is 0 Å². The van der Waals surface area contributed by atoms with Crippen LogP contribution in [0.15, 0.2) is 0 Å². The smallest absolute Gasteiger partial charge is 0.0506 e. The van der Waals surface area contributed by atoms with E-state index >= 15 is 0 Å². The summed E-state index contributed by atoms with van der Waals surface area (Å²) in [6.45, 7) is 8.64. The molecule has 1 saturated heterocycles. The van der Waals surface area contributed by atoms with Crippen LogP contribution in [-0.2, 0) is 4.74 Å². The van der Waals surface area contributed by atoms with Crippen LogP contribution in [0.4, 0.5) is 0 Å². The number of nitrogens with two attached hydrogens (primary N) is 1. The Labute approximate surface area is 118 Å². The zero-order valence-electron chi connectivity index (χ0n) is 13.0. The topological polar surface area (TPSA) is 38.5 Å². The fourth-order valence-corrected chi connectivity index (χ4v) is 4.24. The third-order valence-electron chi connectivity index (χ3n) is 5.87. The van der Waals surface area contributed by atoms with Crippen molar-refractivity contribution in [2.75, 3.05) is 33.4 Å². The van der Waals surface area contributed by atoms with Crippen molar-refractivity contribution in [1.29, 1.82) is 0 Å². The van der Waals surface area contributed by atoms with Crippen LogP contribution >= 0.6 is 0 Å². The number of nitrogens with zero attached hydrogens (tertiary/aromatic N) is 1. The van der Waals surface area contributed by atoms with Crippen LogP contribution in [0.3, 0.4) is 0 Å². The lowest BCUT2D eigenvalue weighted by molar-refractivity contribution is -0.0246. The summed E-state index contributed by atoms with van der Waals surface area (Å²) in [5.74, 6) is 2.19. The van der Waals surface area contributed by atoms with Crippen LogP contribution in [0, 0.1) is 17.8 Å². The Hall–Kier alpha value is -0.120. The van der Waals surface area contributed by atoms with Crippen LogP contribution in [0.5, 0.6) is 0 Å². The zero-order chi connectivity index (χ0) is 13.9. The molecule has 0 aromatic heterocycles.